The summed E-state index contributed by atoms with van der Waals surface area (Å²) in [5, 5.41) is 2.36. The predicted molar refractivity (Wildman–Crippen MR) is 186 cm³/mol. The van der Waals surface area contributed by atoms with Gasteiger partial charge in [0.2, 0.25) is 5.89 Å². The van der Waals surface area contributed by atoms with Gasteiger partial charge in [0.15, 0.2) is 5.58 Å². The quantitative estimate of drug-likeness (QED) is 0.188. The molecule has 8 rings (SSSR count). The van der Waals surface area contributed by atoms with Crippen molar-refractivity contribution in [3.05, 3.63) is 176 Å². The van der Waals surface area contributed by atoms with Gasteiger partial charge in [0, 0.05) is 28.3 Å². The fourth-order valence-electron chi connectivity index (χ4n) is 5.92. The van der Waals surface area contributed by atoms with Gasteiger partial charge < -0.3 is 14.2 Å². The summed E-state index contributed by atoms with van der Waals surface area (Å²) in [5.41, 5.74) is 8.46. The summed E-state index contributed by atoms with van der Waals surface area (Å²) >= 11 is 0. The molecule has 7 aromatic carbocycles. The number of aromatic nitrogens is 1. The van der Waals surface area contributed by atoms with Crippen LogP contribution < -0.4 is 9.80 Å². The van der Waals surface area contributed by atoms with Crippen LogP contribution in [0.2, 0.25) is 0 Å². The van der Waals surface area contributed by atoms with Crippen LogP contribution in [0, 0.1) is 0 Å². The molecule has 214 valence electrons. The van der Waals surface area contributed by atoms with Crippen molar-refractivity contribution in [3.63, 3.8) is 0 Å². The van der Waals surface area contributed by atoms with E-state index in [-0.39, 0.29) is 0 Å². The number of oxazole rings is 1. The first-order valence-corrected chi connectivity index (χ1v) is 15.1. The third-order valence-electron chi connectivity index (χ3n) is 8.01. The van der Waals surface area contributed by atoms with Crippen LogP contribution in [0.25, 0.3) is 33.3 Å². The Morgan fingerprint density at radius 2 is 0.933 bits per heavy atom. The first kappa shape index (κ1) is 26.5. The molecule has 0 spiro atoms. The summed E-state index contributed by atoms with van der Waals surface area (Å²) < 4.78 is 6.67. The van der Waals surface area contributed by atoms with E-state index in [0.717, 1.165) is 50.8 Å². The highest BCUT2D eigenvalue weighted by Crippen LogP contribution is 2.45. The average Bonchev–Trinajstić information content (AvgIpc) is 3.55. The number of para-hydroxylation sites is 3. The molecule has 0 N–H and O–H groups in total. The summed E-state index contributed by atoms with van der Waals surface area (Å²) in [6.07, 6.45) is 0. The van der Waals surface area contributed by atoms with Crippen molar-refractivity contribution in [3.8, 4) is 11.5 Å². The van der Waals surface area contributed by atoms with Crippen LogP contribution in [0.5, 0.6) is 0 Å². The maximum absolute atomic E-state index is 6.67. The van der Waals surface area contributed by atoms with E-state index >= 15 is 0 Å². The van der Waals surface area contributed by atoms with Gasteiger partial charge in [-0.25, -0.2) is 4.98 Å². The molecule has 0 atom stereocenters. The van der Waals surface area contributed by atoms with Crippen molar-refractivity contribution >= 4 is 56.0 Å². The fraction of sp³-hybridized carbons (Fsp3) is 0. The topological polar surface area (TPSA) is 32.5 Å². The molecular weight excluding hydrogens is 550 g/mol. The van der Waals surface area contributed by atoms with Crippen molar-refractivity contribution in [2.75, 3.05) is 9.80 Å². The zero-order valence-corrected chi connectivity index (χ0v) is 24.5. The largest absolute Gasteiger partial charge is 0.434 e. The van der Waals surface area contributed by atoms with Crippen molar-refractivity contribution in [1.29, 1.82) is 0 Å². The summed E-state index contributed by atoms with van der Waals surface area (Å²) in [4.78, 5) is 9.61. The van der Waals surface area contributed by atoms with E-state index in [9.17, 15) is 0 Å². The first-order valence-electron chi connectivity index (χ1n) is 15.1. The second-order valence-electron chi connectivity index (χ2n) is 10.9. The second kappa shape index (κ2) is 11.5. The van der Waals surface area contributed by atoms with Crippen LogP contribution in [-0.4, -0.2) is 4.98 Å². The van der Waals surface area contributed by atoms with Crippen LogP contribution >= 0.6 is 0 Å². The van der Waals surface area contributed by atoms with E-state index in [2.05, 4.69) is 137 Å². The monoisotopic (exact) mass is 579 g/mol. The van der Waals surface area contributed by atoms with E-state index in [1.807, 2.05) is 48.5 Å². The molecule has 0 saturated carbocycles. The lowest BCUT2D eigenvalue weighted by atomic mass is 10.1. The molecular formula is C41H29N3O. The Morgan fingerprint density at radius 3 is 1.56 bits per heavy atom. The average molecular weight is 580 g/mol. The third kappa shape index (κ3) is 5.09. The number of fused-ring (bicyclic) bond motifs is 2. The molecule has 0 unspecified atom stereocenters. The zero-order valence-electron chi connectivity index (χ0n) is 24.5. The molecule has 0 bridgehead atoms. The van der Waals surface area contributed by atoms with Gasteiger partial charge in [0.05, 0.1) is 11.4 Å². The Morgan fingerprint density at radius 1 is 0.400 bits per heavy atom. The standard InChI is InChI=1S/C41H29N3O/c1-5-16-31(17-6-1)41-42-38-28-37(43(33-19-7-2-8-20-33)34-21-9-3-10-22-34)29-39(40(38)45-41)44(35-23-11-4-12-24-35)36-26-25-30-15-13-14-18-32(30)27-36/h1-29H. The number of hydrogen-bond donors (Lipinski definition) is 0. The van der Waals surface area contributed by atoms with Crippen molar-refractivity contribution in [2.24, 2.45) is 0 Å². The van der Waals surface area contributed by atoms with Crippen molar-refractivity contribution in [1.82, 2.24) is 4.98 Å². The Labute approximate surface area is 262 Å². The highest BCUT2D eigenvalue weighted by atomic mass is 16.3. The Balaban J connectivity index is 1.43. The third-order valence-corrected chi connectivity index (χ3v) is 8.01. The first-order chi connectivity index (χ1) is 22.3. The predicted octanol–water partition coefficient (Wildman–Crippen LogP) is 11.6. The van der Waals surface area contributed by atoms with Gasteiger partial charge >= 0.3 is 0 Å². The molecule has 0 aliphatic heterocycles. The van der Waals surface area contributed by atoms with Gasteiger partial charge in [-0.15, -0.1) is 0 Å². The molecule has 8 aromatic rings. The molecule has 1 aromatic heterocycles. The van der Waals surface area contributed by atoms with Crippen molar-refractivity contribution < 1.29 is 4.42 Å². The van der Waals surface area contributed by atoms with Gasteiger partial charge in [0.25, 0.3) is 0 Å². The second-order valence-corrected chi connectivity index (χ2v) is 10.9. The van der Waals surface area contributed by atoms with Gasteiger partial charge in [-0.05, 0) is 83.6 Å². The lowest BCUT2D eigenvalue weighted by molar-refractivity contribution is 0.620. The lowest BCUT2D eigenvalue weighted by Crippen LogP contribution is -2.13. The minimum absolute atomic E-state index is 0.585. The van der Waals surface area contributed by atoms with Crippen LogP contribution in [-0.2, 0) is 0 Å². The molecule has 1 heterocycles. The van der Waals surface area contributed by atoms with Crippen molar-refractivity contribution in [2.45, 2.75) is 0 Å². The summed E-state index contributed by atoms with van der Waals surface area (Å²) in [5.74, 6) is 0.585. The minimum Gasteiger partial charge on any atom is -0.434 e. The molecule has 4 nitrogen and oxygen atoms in total. The van der Waals surface area contributed by atoms with E-state index in [4.69, 9.17) is 9.40 Å². The van der Waals surface area contributed by atoms with Gasteiger partial charge in [0.1, 0.15) is 5.52 Å². The Kier molecular flexibility index (Phi) is 6.78. The molecule has 0 radical (unpaired) electrons. The highest BCUT2D eigenvalue weighted by Gasteiger charge is 2.24. The van der Waals surface area contributed by atoms with Gasteiger partial charge in [-0.2, -0.15) is 0 Å². The number of benzene rings is 7. The van der Waals surface area contributed by atoms with Crippen LogP contribution in [0.15, 0.2) is 180 Å². The maximum atomic E-state index is 6.67. The van der Waals surface area contributed by atoms with Gasteiger partial charge in [-0.1, -0.05) is 103 Å². The van der Waals surface area contributed by atoms with E-state index in [1.54, 1.807) is 0 Å². The molecule has 45 heavy (non-hydrogen) atoms. The lowest BCUT2D eigenvalue weighted by Gasteiger charge is -2.29. The van der Waals surface area contributed by atoms with E-state index < -0.39 is 0 Å². The highest BCUT2D eigenvalue weighted by molar-refractivity contribution is 6.00. The minimum atomic E-state index is 0.585. The fourth-order valence-corrected chi connectivity index (χ4v) is 5.92. The van der Waals surface area contributed by atoms with E-state index in [1.165, 1.54) is 10.8 Å². The molecule has 0 aliphatic rings. The van der Waals surface area contributed by atoms with Crippen LogP contribution in [0.3, 0.4) is 0 Å². The van der Waals surface area contributed by atoms with Gasteiger partial charge in [-0.3, -0.25) is 0 Å². The normalized spacial score (nSPS) is 11.1. The number of anilines is 6. The molecule has 0 aliphatic carbocycles. The van der Waals surface area contributed by atoms with E-state index in [0.29, 0.717) is 5.89 Å². The Hall–Kier alpha value is -6.13. The SMILES string of the molecule is c1ccc(-c2nc3cc(N(c4ccccc4)c4ccccc4)cc(N(c4ccccc4)c4ccc5ccccc5c4)c3o2)cc1. The number of hydrogen-bond acceptors (Lipinski definition) is 4. The Bertz CT molecular complexity index is 2170. The smallest absolute Gasteiger partial charge is 0.227 e. The molecule has 4 heteroatoms. The molecule has 0 saturated heterocycles. The summed E-state index contributed by atoms with van der Waals surface area (Å²) in [6, 6.07) is 60.8. The summed E-state index contributed by atoms with van der Waals surface area (Å²) in [6.45, 7) is 0. The zero-order chi connectivity index (χ0) is 30.0. The molecule has 0 amide bonds. The summed E-state index contributed by atoms with van der Waals surface area (Å²) in [7, 11) is 0. The van der Waals surface area contributed by atoms with Crippen LogP contribution in [0.4, 0.5) is 34.1 Å². The number of rotatable bonds is 7. The maximum Gasteiger partial charge on any atom is 0.227 e. The number of nitrogens with zero attached hydrogens (tertiary/aromatic N) is 3. The van der Waals surface area contributed by atoms with Crippen LogP contribution in [0.1, 0.15) is 0 Å². The molecule has 0 fully saturated rings.